The molecule has 2 aromatic rings. The second kappa shape index (κ2) is 30.2. The first-order chi connectivity index (χ1) is 37.7. The number of phenolic OH excluding ortho intramolecular Hbond substituents is 1. The first kappa shape index (κ1) is 65.1. The molecule has 0 spiro atoms. The lowest BCUT2D eigenvalue weighted by atomic mass is 9.95. The smallest absolute Gasteiger partial charge is 0.329 e. The molecule has 0 saturated carbocycles. The number of nitrogens with two attached hydrogens (primary N) is 1. The van der Waals surface area contributed by atoms with E-state index in [1.807, 2.05) is 0 Å². The number of amides is 9. The quantitative estimate of drug-likeness (QED) is 0.0583. The molecule has 2 aliphatic rings. The Morgan fingerprint density at radius 2 is 1.43 bits per heavy atom. The molecule has 13 atom stereocenters. The summed E-state index contributed by atoms with van der Waals surface area (Å²) in [6.07, 6.45) is -8.43. The summed E-state index contributed by atoms with van der Waals surface area (Å²) in [5.74, 6) is -10.9. The van der Waals surface area contributed by atoms with Gasteiger partial charge in [0.05, 0.1) is 19.8 Å². The number of benzene rings is 2. The number of hydrogen-bond donors (Lipinski definition) is 12. The number of primary amides is 1. The van der Waals surface area contributed by atoms with E-state index in [1.54, 1.807) is 64.1 Å². The number of hydrogen-bond acceptors (Lipinski definition) is 17. The van der Waals surface area contributed by atoms with Crippen LogP contribution in [-0.2, 0) is 65.5 Å². The number of aliphatic hydroxyl groups is 4. The minimum absolute atomic E-state index is 0.0452. The van der Waals surface area contributed by atoms with Crippen LogP contribution >= 0.6 is 0 Å². The van der Waals surface area contributed by atoms with Crippen LogP contribution in [-0.4, -0.2) is 188 Å². The van der Waals surface area contributed by atoms with Gasteiger partial charge < -0.3 is 82.4 Å². The summed E-state index contributed by atoms with van der Waals surface area (Å²) in [6, 6.07) is -0.531. The average Bonchev–Trinajstić information content (AvgIpc) is 3.43. The summed E-state index contributed by atoms with van der Waals surface area (Å²) < 4.78 is 11.2. The number of esters is 1. The Bertz CT molecular complexity index is 2500. The van der Waals surface area contributed by atoms with Crippen molar-refractivity contribution in [3.05, 3.63) is 59.7 Å². The van der Waals surface area contributed by atoms with Crippen molar-refractivity contribution in [2.45, 2.75) is 172 Å². The van der Waals surface area contributed by atoms with Gasteiger partial charge in [-0.25, -0.2) is 4.79 Å². The fraction of sp³-hybridized carbons (Fsp3) is 0.593. The third kappa shape index (κ3) is 18.1. The Balaban J connectivity index is 1.84. The third-order valence-electron chi connectivity index (χ3n) is 14.2. The van der Waals surface area contributed by atoms with Crippen molar-refractivity contribution >= 4 is 59.1 Å². The molecule has 2 saturated heterocycles. The van der Waals surface area contributed by atoms with Crippen LogP contribution in [0, 0.1) is 11.8 Å². The fourth-order valence-corrected chi connectivity index (χ4v) is 9.22. The zero-order valence-electron chi connectivity index (χ0n) is 46.4. The number of piperidine rings is 1. The molecule has 4 rings (SSSR count). The molecular formula is C54H79N9O17. The van der Waals surface area contributed by atoms with Crippen LogP contribution in [0.1, 0.15) is 97.6 Å². The van der Waals surface area contributed by atoms with Crippen molar-refractivity contribution in [1.82, 2.24) is 41.7 Å². The van der Waals surface area contributed by atoms with Crippen molar-refractivity contribution in [3.8, 4) is 11.5 Å². The van der Waals surface area contributed by atoms with Crippen LogP contribution < -0.4 is 42.4 Å². The number of phenols is 1. The van der Waals surface area contributed by atoms with Crippen molar-refractivity contribution < 1.29 is 83.0 Å². The highest BCUT2D eigenvalue weighted by Gasteiger charge is 2.47. The summed E-state index contributed by atoms with van der Waals surface area (Å²) >= 11 is 0. The second-order valence-electron chi connectivity index (χ2n) is 20.8. The second-order valence-corrected chi connectivity index (χ2v) is 20.8. The minimum atomic E-state index is -1.95. The SMILES string of the molecule is CC[C@H](C)[C@@H]1NC(=O)[C@@H](Cc2ccc(OC)cc2)N(C)C(=O)[C@@H]([C@H](C)O)N2C(=O)[C@H](CC[C@H]2O)NC(=O)[C@H](CC(C)C)NC(=O)[C@@H](NC(=O)[C@H](CCC(N)=O)NC(=O)[C@H](CCc2ccc(O)cc2)NC(=O)[C@H](O)CO)[C@@H](C)OC1=O. The molecule has 0 unspecified atom stereocenters. The van der Waals surface area contributed by atoms with Crippen LogP contribution in [0.3, 0.4) is 0 Å². The Labute approximate surface area is 464 Å². The van der Waals surface area contributed by atoms with E-state index in [4.69, 9.17) is 15.2 Å². The van der Waals surface area contributed by atoms with Gasteiger partial charge in [0.15, 0.2) is 6.10 Å². The number of cyclic esters (lactones) is 1. The fourth-order valence-electron chi connectivity index (χ4n) is 9.22. The molecule has 13 N–H and O–H groups in total. The molecule has 9 amide bonds. The summed E-state index contributed by atoms with van der Waals surface area (Å²) in [5, 5.41) is 67.0. The molecule has 26 heteroatoms. The minimum Gasteiger partial charge on any atom is -0.508 e. The maximum Gasteiger partial charge on any atom is 0.329 e. The van der Waals surface area contributed by atoms with Crippen LogP contribution in [0.25, 0.3) is 0 Å². The number of fused-ring (bicyclic) bond motifs is 2. The normalized spacial score (nSPS) is 24.5. The Morgan fingerprint density at radius 1 is 0.812 bits per heavy atom. The van der Waals surface area contributed by atoms with Crippen molar-refractivity contribution in [1.29, 1.82) is 0 Å². The molecule has 0 aliphatic carbocycles. The number of rotatable bonds is 21. The Hall–Kier alpha value is -7.42. The van der Waals surface area contributed by atoms with Crippen molar-refractivity contribution in [3.63, 3.8) is 0 Å². The number of aryl methyl sites for hydroxylation is 1. The highest BCUT2D eigenvalue weighted by molar-refractivity contribution is 5.99. The van der Waals surface area contributed by atoms with E-state index in [1.165, 1.54) is 40.1 Å². The lowest BCUT2D eigenvalue weighted by Gasteiger charge is -2.43. The maximum absolute atomic E-state index is 14.8. The van der Waals surface area contributed by atoms with E-state index >= 15 is 0 Å². The van der Waals surface area contributed by atoms with E-state index in [9.17, 15) is 73.5 Å². The monoisotopic (exact) mass is 1130 g/mol. The highest BCUT2D eigenvalue weighted by atomic mass is 16.5. The van der Waals surface area contributed by atoms with Crippen LogP contribution in [0.2, 0.25) is 0 Å². The van der Waals surface area contributed by atoms with E-state index in [-0.39, 0.29) is 56.6 Å². The molecule has 0 aromatic heterocycles. The number of ether oxygens (including phenoxy) is 2. The molecule has 2 aliphatic heterocycles. The molecule has 442 valence electrons. The summed E-state index contributed by atoms with van der Waals surface area (Å²) in [5.41, 5.74) is 6.58. The van der Waals surface area contributed by atoms with E-state index in [0.29, 0.717) is 16.9 Å². The van der Waals surface area contributed by atoms with Gasteiger partial charge in [0, 0.05) is 19.9 Å². The Morgan fingerprint density at radius 3 is 2.00 bits per heavy atom. The molecular weight excluding hydrogens is 1050 g/mol. The largest absolute Gasteiger partial charge is 0.508 e. The molecule has 2 heterocycles. The zero-order chi connectivity index (χ0) is 59.7. The first-order valence-electron chi connectivity index (χ1n) is 26.7. The zero-order valence-corrected chi connectivity index (χ0v) is 46.4. The number of nitrogens with zero attached hydrogens (tertiary/aromatic N) is 2. The van der Waals surface area contributed by atoms with Gasteiger partial charge in [-0.2, -0.15) is 0 Å². The number of nitrogens with one attached hydrogen (secondary N) is 6. The topological polar surface area (TPSA) is 395 Å². The van der Waals surface area contributed by atoms with Crippen LogP contribution in [0.15, 0.2) is 48.5 Å². The van der Waals surface area contributed by atoms with Gasteiger partial charge in [-0.15, -0.1) is 0 Å². The molecule has 2 bridgehead atoms. The average molecular weight is 1130 g/mol. The van der Waals surface area contributed by atoms with E-state index < -0.39 is 157 Å². The van der Waals surface area contributed by atoms with Crippen LogP contribution in [0.5, 0.6) is 11.5 Å². The molecule has 26 nitrogen and oxygen atoms in total. The van der Waals surface area contributed by atoms with Crippen LogP contribution in [0.4, 0.5) is 0 Å². The van der Waals surface area contributed by atoms with E-state index in [0.717, 1.165) is 9.80 Å². The lowest BCUT2D eigenvalue weighted by molar-refractivity contribution is -0.170. The highest BCUT2D eigenvalue weighted by Crippen LogP contribution is 2.26. The van der Waals surface area contributed by atoms with Gasteiger partial charge in [-0.1, -0.05) is 58.4 Å². The number of aromatic hydroxyl groups is 1. The van der Waals surface area contributed by atoms with Crippen molar-refractivity contribution in [2.75, 3.05) is 20.8 Å². The third-order valence-corrected chi connectivity index (χ3v) is 14.2. The van der Waals surface area contributed by atoms with Gasteiger partial charge in [-0.3, -0.25) is 43.2 Å². The number of carbonyl (C=O) groups is 10. The number of carbonyl (C=O) groups excluding carboxylic acids is 10. The van der Waals surface area contributed by atoms with Gasteiger partial charge >= 0.3 is 5.97 Å². The van der Waals surface area contributed by atoms with Gasteiger partial charge in [0.2, 0.25) is 47.3 Å². The predicted molar refractivity (Wildman–Crippen MR) is 285 cm³/mol. The number of methoxy groups -OCH3 is 1. The summed E-state index contributed by atoms with van der Waals surface area (Å²) in [7, 11) is 2.71. The van der Waals surface area contributed by atoms with Gasteiger partial charge in [0.25, 0.3) is 5.91 Å². The van der Waals surface area contributed by atoms with Gasteiger partial charge in [0.1, 0.15) is 72.2 Å². The van der Waals surface area contributed by atoms with E-state index in [2.05, 4.69) is 31.9 Å². The number of likely N-dealkylation sites (N-methyl/N-ethyl adjacent to an activating group) is 1. The summed E-state index contributed by atoms with van der Waals surface area (Å²) in [4.78, 5) is 143. The number of aliphatic hydroxyl groups excluding tert-OH is 4. The first-order valence-corrected chi connectivity index (χ1v) is 26.7. The maximum atomic E-state index is 14.8. The lowest BCUT2D eigenvalue weighted by Crippen LogP contribution is -2.67. The molecule has 0 radical (unpaired) electrons. The molecule has 2 aromatic carbocycles. The van der Waals surface area contributed by atoms with Crippen molar-refractivity contribution in [2.24, 2.45) is 17.6 Å². The standard InChI is InChI=1S/C54H79N9O17/c1-9-28(4)43-54(78)80-30(6)44(61-47(71)36(20-22-41(55)68)56-46(70)35(57-50(74)40(67)26-64)19-14-31-10-15-33(66)16-11-31)51(75)59-38(24-27(2)3)48(72)58-37-21-23-42(69)63(52(37)76)45(29(5)65)53(77)62(7)39(49(73)60-43)25-32-12-17-34(79-8)18-13-32/h10-13,15-18,27-30,35-40,42-45,64-67,69H,9,14,19-26H2,1-8H3,(H2,55,68)(H,56,70)(H,57,74)(H,58,72)(H,59,75)(H,60,73)(H,61,71)/t28-,29-,30+,35-,36-,37-,38-,39+,40+,42+,43-,44-,45+/m0/s1. The molecule has 80 heavy (non-hydrogen) atoms. The summed E-state index contributed by atoms with van der Waals surface area (Å²) in [6.45, 7) is 8.20. The Kier molecular flexibility index (Phi) is 24.6. The predicted octanol–water partition coefficient (Wildman–Crippen LogP) is -2.34. The molecule has 2 fully saturated rings. The van der Waals surface area contributed by atoms with Gasteiger partial charge in [-0.05, 0) is 99.6 Å².